The summed E-state index contributed by atoms with van der Waals surface area (Å²) in [6, 6.07) is 5.42. The highest BCUT2D eigenvalue weighted by molar-refractivity contribution is 5.92. The highest BCUT2D eigenvalue weighted by Crippen LogP contribution is 2.22. The van der Waals surface area contributed by atoms with Gasteiger partial charge in [0.05, 0.1) is 12.0 Å². The van der Waals surface area contributed by atoms with Crippen molar-refractivity contribution in [2.75, 3.05) is 32.2 Å². The topological polar surface area (TPSA) is 84.7 Å². The van der Waals surface area contributed by atoms with Crippen molar-refractivity contribution in [3.8, 4) is 0 Å². The van der Waals surface area contributed by atoms with Gasteiger partial charge in [-0.05, 0) is 19.1 Å². The molecule has 0 spiro atoms. The molecular formula is C15H19N3O4. The van der Waals surface area contributed by atoms with Crippen LogP contribution in [0.3, 0.4) is 0 Å². The predicted molar refractivity (Wildman–Crippen MR) is 83.5 cm³/mol. The molecule has 0 saturated carbocycles. The molecule has 0 aliphatic rings. The summed E-state index contributed by atoms with van der Waals surface area (Å²) in [6.07, 6.45) is 0. The second-order valence-corrected chi connectivity index (χ2v) is 5.14. The van der Waals surface area contributed by atoms with E-state index in [0.717, 1.165) is 10.2 Å². The maximum absolute atomic E-state index is 12.4. The van der Waals surface area contributed by atoms with Gasteiger partial charge < -0.3 is 14.7 Å². The lowest BCUT2D eigenvalue weighted by atomic mass is 10.1. The van der Waals surface area contributed by atoms with E-state index in [1.807, 2.05) is 31.0 Å². The first-order valence-corrected chi connectivity index (χ1v) is 6.87. The molecule has 7 heteroatoms. The van der Waals surface area contributed by atoms with Crippen LogP contribution >= 0.6 is 0 Å². The highest BCUT2D eigenvalue weighted by atomic mass is 16.5. The number of aliphatic carboxylic acids is 1. The van der Waals surface area contributed by atoms with Crippen LogP contribution in [0.1, 0.15) is 5.56 Å². The fraction of sp³-hybridized carbons (Fsp3) is 0.400. The number of fused-ring (bicyclic) bond motifs is 1. The summed E-state index contributed by atoms with van der Waals surface area (Å²) in [5.74, 6) is -0.539. The first-order chi connectivity index (χ1) is 10.4. The van der Waals surface area contributed by atoms with E-state index in [9.17, 15) is 9.59 Å². The third kappa shape index (κ3) is 3.25. The quantitative estimate of drug-likeness (QED) is 0.852. The van der Waals surface area contributed by atoms with E-state index in [1.54, 1.807) is 13.2 Å². The number of carbonyl (C=O) groups is 1. The van der Waals surface area contributed by atoms with Gasteiger partial charge in [0.15, 0.2) is 5.82 Å². The lowest BCUT2D eigenvalue weighted by Gasteiger charge is -2.20. The second-order valence-electron chi connectivity index (χ2n) is 5.14. The summed E-state index contributed by atoms with van der Waals surface area (Å²) >= 11 is 0. The number of ether oxygens (including phenoxy) is 1. The van der Waals surface area contributed by atoms with Gasteiger partial charge in [0.2, 0.25) is 0 Å². The van der Waals surface area contributed by atoms with E-state index < -0.39 is 18.1 Å². The Hall–Kier alpha value is -2.41. The van der Waals surface area contributed by atoms with Gasteiger partial charge in [0.25, 0.3) is 5.56 Å². The van der Waals surface area contributed by atoms with Crippen LogP contribution in [0, 0.1) is 6.92 Å². The molecule has 1 aromatic heterocycles. The van der Waals surface area contributed by atoms with Crippen LogP contribution in [0.5, 0.6) is 0 Å². The largest absolute Gasteiger partial charge is 0.480 e. The Morgan fingerprint density at radius 2 is 2.14 bits per heavy atom. The summed E-state index contributed by atoms with van der Waals surface area (Å²) in [6.45, 7) is 2.55. The van der Waals surface area contributed by atoms with E-state index in [0.29, 0.717) is 29.7 Å². The van der Waals surface area contributed by atoms with Gasteiger partial charge in [0.1, 0.15) is 6.54 Å². The van der Waals surface area contributed by atoms with Gasteiger partial charge in [-0.15, -0.1) is 0 Å². The van der Waals surface area contributed by atoms with Gasteiger partial charge in [0, 0.05) is 26.1 Å². The normalized spacial score (nSPS) is 10.9. The highest BCUT2D eigenvalue weighted by Gasteiger charge is 2.15. The van der Waals surface area contributed by atoms with Gasteiger partial charge in [-0.25, -0.2) is 4.68 Å². The average Bonchev–Trinajstić information content (AvgIpc) is 2.47. The van der Waals surface area contributed by atoms with Crippen molar-refractivity contribution in [1.29, 1.82) is 0 Å². The van der Waals surface area contributed by atoms with Gasteiger partial charge in [-0.2, -0.15) is 5.10 Å². The number of benzene rings is 1. The number of aryl methyl sites for hydroxylation is 1. The molecule has 0 bridgehead atoms. The summed E-state index contributed by atoms with van der Waals surface area (Å²) in [4.78, 5) is 25.1. The minimum atomic E-state index is -1.11. The zero-order chi connectivity index (χ0) is 16.3. The maximum Gasteiger partial charge on any atom is 0.325 e. The number of anilines is 1. The van der Waals surface area contributed by atoms with E-state index in [4.69, 9.17) is 9.84 Å². The number of carboxylic acids is 1. The Morgan fingerprint density at radius 3 is 2.77 bits per heavy atom. The first kappa shape index (κ1) is 16.0. The molecule has 1 heterocycles. The Bertz CT molecular complexity index is 754. The lowest BCUT2D eigenvalue weighted by Crippen LogP contribution is -2.31. The third-order valence-electron chi connectivity index (χ3n) is 3.37. The summed E-state index contributed by atoms with van der Waals surface area (Å²) in [5.41, 5.74) is 0.604. The smallest absolute Gasteiger partial charge is 0.325 e. The van der Waals surface area contributed by atoms with Crippen LogP contribution in [0.2, 0.25) is 0 Å². The van der Waals surface area contributed by atoms with Crippen LogP contribution in [0.4, 0.5) is 5.82 Å². The molecule has 118 valence electrons. The minimum absolute atomic E-state index is 0.402. The first-order valence-electron chi connectivity index (χ1n) is 6.87. The molecule has 1 aromatic carbocycles. The third-order valence-corrected chi connectivity index (χ3v) is 3.37. The monoisotopic (exact) mass is 305 g/mol. The van der Waals surface area contributed by atoms with Gasteiger partial charge in [-0.3, -0.25) is 9.59 Å². The Morgan fingerprint density at radius 1 is 1.41 bits per heavy atom. The Balaban J connectivity index is 2.65. The molecule has 2 aromatic rings. The molecule has 0 fully saturated rings. The van der Waals surface area contributed by atoms with Crippen LogP contribution < -0.4 is 10.5 Å². The van der Waals surface area contributed by atoms with E-state index in [1.165, 1.54) is 0 Å². The number of hydrogen-bond acceptors (Lipinski definition) is 5. The second kappa shape index (κ2) is 6.57. The van der Waals surface area contributed by atoms with E-state index in [2.05, 4.69) is 5.10 Å². The van der Waals surface area contributed by atoms with Crippen molar-refractivity contribution >= 4 is 22.6 Å². The fourth-order valence-electron chi connectivity index (χ4n) is 2.23. The number of methoxy groups -OCH3 is 1. The van der Waals surface area contributed by atoms with Crippen molar-refractivity contribution in [1.82, 2.24) is 9.78 Å². The van der Waals surface area contributed by atoms with Crippen molar-refractivity contribution < 1.29 is 14.6 Å². The molecular weight excluding hydrogens is 286 g/mol. The number of likely N-dealkylation sites (N-methyl/N-ethyl adjacent to an activating group) is 1. The molecule has 2 rings (SSSR count). The molecule has 0 aliphatic heterocycles. The van der Waals surface area contributed by atoms with E-state index in [-0.39, 0.29) is 0 Å². The summed E-state index contributed by atoms with van der Waals surface area (Å²) in [5, 5.41) is 14.3. The predicted octanol–water partition coefficient (Wildman–Crippen LogP) is 0.872. The molecule has 22 heavy (non-hydrogen) atoms. The molecule has 0 atom stereocenters. The molecule has 7 nitrogen and oxygen atoms in total. The van der Waals surface area contributed by atoms with Crippen molar-refractivity contribution in [2.45, 2.75) is 13.5 Å². The Kier molecular flexibility index (Phi) is 4.77. The molecule has 0 unspecified atom stereocenters. The average molecular weight is 305 g/mol. The van der Waals surface area contributed by atoms with Crippen LogP contribution in [0.15, 0.2) is 23.0 Å². The van der Waals surface area contributed by atoms with Gasteiger partial charge in [-0.1, -0.05) is 11.6 Å². The lowest BCUT2D eigenvalue weighted by molar-refractivity contribution is -0.137. The standard InChI is InChI=1S/C15H19N3O4/c1-10-4-5-11-12(8-10)14(17(2)6-7-22-3)16-18(15(11)21)9-13(19)20/h4-5,8H,6-7,9H2,1-3H3,(H,19,20). The van der Waals surface area contributed by atoms with Crippen LogP contribution in [0.25, 0.3) is 10.8 Å². The number of nitrogens with zero attached hydrogens (tertiary/aromatic N) is 3. The number of hydrogen-bond donors (Lipinski definition) is 1. The van der Waals surface area contributed by atoms with Crippen molar-refractivity contribution in [3.63, 3.8) is 0 Å². The molecule has 0 aliphatic carbocycles. The van der Waals surface area contributed by atoms with Crippen molar-refractivity contribution in [2.24, 2.45) is 0 Å². The van der Waals surface area contributed by atoms with Crippen molar-refractivity contribution in [3.05, 3.63) is 34.1 Å². The zero-order valence-electron chi connectivity index (χ0n) is 12.9. The van der Waals surface area contributed by atoms with E-state index >= 15 is 0 Å². The SMILES string of the molecule is COCCN(C)c1nn(CC(=O)O)c(=O)c2ccc(C)cc12. The van der Waals surface area contributed by atoms with Gasteiger partial charge >= 0.3 is 5.97 Å². The summed E-state index contributed by atoms with van der Waals surface area (Å²) in [7, 11) is 3.44. The number of aromatic nitrogens is 2. The van der Waals surface area contributed by atoms with Crippen LogP contribution in [-0.4, -0.2) is 48.2 Å². The van der Waals surface area contributed by atoms with Crippen LogP contribution in [-0.2, 0) is 16.1 Å². The number of rotatable bonds is 6. The summed E-state index contributed by atoms with van der Waals surface area (Å²) < 4.78 is 6.04. The molecule has 0 amide bonds. The Labute approximate surface area is 127 Å². The molecule has 0 saturated heterocycles. The maximum atomic E-state index is 12.4. The fourth-order valence-corrected chi connectivity index (χ4v) is 2.23. The molecule has 0 radical (unpaired) electrons. The number of carboxylic acid groups (broad SMARTS) is 1. The minimum Gasteiger partial charge on any atom is -0.480 e. The zero-order valence-corrected chi connectivity index (χ0v) is 12.9. The molecule has 1 N–H and O–H groups in total.